The first-order chi connectivity index (χ1) is 7.69. The molecule has 0 aliphatic heterocycles. The van der Waals surface area contributed by atoms with Gasteiger partial charge in [0.15, 0.2) is 5.82 Å². The average Bonchev–Trinajstić information content (AvgIpc) is 2.84. The third-order valence-corrected chi connectivity index (χ3v) is 3.16. The highest BCUT2D eigenvalue weighted by Crippen LogP contribution is 2.46. The van der Waals surface area contributed by atoms with Crippen LogP contribution in [-0.4, -0.2) is 10.1 Å². The number of nitrogens with zero attached hydrogens (tertiary/aromatic N) is 2. The molecule has 1 aliphatic rings. The van der Waals surface area contributed by atoms with Crippen LogP contribution in [0, 0.1) is 0 Å². The minimum Gasteiger partial charge on any atom is -0.398 e. The van der Waals surface area contributed by atoms with Crippen molar-refractivity contribution in [2.45, 2.75) is 25.2 Å². The fourth-order valence-corrected chi connectivity index (χ4v) is 1.68. The summed E-state index contributed by atoms with van der Waals surface area (Å²) in [5.74, 6) is 1.31. The Bertz CT molecular complexity index is 529. The van der Waals surface area contributed by atoms with Gasteiger partial charge in [0.2, 0.25) is 0 Å². The number of aromatic nitrogens is 2. The summed E-state index contributed by atoms with van der Waals surface area (Å²) in [7, 11) is 0. The average molecular weight is 215 g/mol. The zero-order valence-corrected chi connectivity index (χ0v) is 9.10. The van der Waals surface area contributed by atoms with Crippen LogP contribution in [0.4, 0.5) is 5.69 Å². The van der Waals surface area contributed by atoms with Crippen LogP contribution in [0.15, 0.2) is 28.8 Å². The van der Waals surface area contributed by atoms with Gasteiger partial charge in [0.25, 0.3) is 5.89 Å². The molecule has 1 aromatic heterocycles. The van der Waals surface area contributed by atoms with Crippen molar-refractivity contribution >= 4 is 5.69 Å². The van der Waals surface area contributed by atoms with Crippen LogP contribution in [0.3, 0.4) is 0 Å². The van der Waals surface area contributed by atoms with Crippen molar-refractivity contribution in [1.29, 1.82) is 0 Å². The lowest BCUT2D eigenvalue weighted by atomic mass is 10.1. The van der Waals surface area contributed by atoms with Crippen LogP contribution in [0.25, 0.3) is 11.5 Å². The Hall–Kier alpha value is -1.84. The Balaban J connectivity index is 2.02. The highest BCUT2D eigenvalue weighted by Gasteiger charge is 2.43. The lowest BCUT2D eigenvalue weighted by Crippen LogP contribution is -2.01. The maximum atomic E-state index is 5.86. The number of benzene rings is 1. The molecule has 0 unspecified atom stereocenters. The van der Waals surface area contributed by atoms with Gasteiger partial charge in [-0.15, -0.1) is 0 Å². The molecule has 4 heteroatoms. The van der Waals surface area contributed by atoms with Gasteiger partial charge in [-0.1, -0.05) is 24.2 Å². The summed E-state index contributed by atoms with van der Waals surface area (Å²) in [6.07, 6.45) is 2.27. The Kier molecular flexibility index (Phi) is 1.80. The van der Waals surface area contributed by atoms with Gasteiger partial charge in [-0.25, -0.2) is 0 Å². The molecule has 0 atom stereocenters. The van der Waals surface area contributed by atoms with Gasteiger partial charge >= 0.3 is 0 Å². The van der Waals surface area contributed by atoms with E-state index >= 15 is 0 Å². The molecule has 1 heterocycles. The van der Waals surface area contributed by atoms with Crippen LogP contribution in [0.5, 0.6) is 0 Å². The number of rotatable bonds is 2. The van der Waals surface area contributed by atoms with Crippen LogP contribution in [0.1, 0.15) is 25.6 Å². The van der Waals surface area contributed by atoms with Crippen molar-refractivity contribution in [3.05, 3.63) is 30.1 Å². The lowest BCUT2D eigenvalue weighted by Gasteiger charge is -1.99. The van der Waals surface area contributed by atoms with Gasteiger partial charge in [-0.05, 0) is 25.0 Å². The van der Waals surface area contributed by atoms with Crippen molar-refractivity contribution in [2.75, 3.05) is 5.73 Å². The van der Waals surface area contributed by atoms with Crippen molar-refractivity contribution in [3.63, 3.8) is 0 Å². The van der Waals surface area contributed by atoms with Gasteiger partial charge in [0, 0.05) is 11.1 Å². The molecular weight excluding hydrogens is 202 g/mol. The van der Waals surface area contributed by atoms with E-state index in [-0.39, 0.29) is 5.41 Å². The van der Waals surface area contributed by atoms with E-state index in [1.807, 2.05) is 24.3 Å². The van der Waals surface area contributed by atoms with E-state index in [0.29, 0.717) is 11.6 Å². The fraction of sp³-hybridized carbons (Fsp3) is 0.333. The van der Waals surface area contributed by atoms with Crippen LogP contribution < -0.4 is 5.73 Å². The number of hydrogen-bond donors (Lipinski definition) is 1. The summed E-state index contributed by atoms with van der Waals surface area (Å²) in [5.41, 5.74) is 7.47. The smallest absolute Gasteiger partial charge is 0.260 e. The molecule has 1 aromatic carbocycles. The number of anilines is 1. The molecule has 0 amide bonds. The molecule has 0 saturated heterocycles. The van der Waals surface area contributed by atoms with E-state index in [1.165, 1.54) is 0 Å². The lowest BCUT2D eigenvalue weighted by molar-refractivity contribution is 0.416. The molecule has 16 heavy (non-hydrogen) atoms. The van der Waals surface area contributed by atoms with Crippen molar-refractivity contribution < 1.29 is 4.52 Å². The summed E-state index contributed by atoms with van der Waals surface area (Å²) in [4.78, 5) is 4.42. The largest absolute Gasteiger partial charge is 0.398 e. The Morgan fingerprint density at radius 1 is 1.31 bits per heavy atom. The van der Waals surface area contributed by atoms with Crippen LogP contribution in [0.2, 0.25) is 0 Å². The molecule has 0 bridgehead atoms. The first kappa shape index (κ1) is 9.39. The molecule has 82 valence electrons. The Labute approximate surface area is 93.5 Å². The molecule has 0 radical (unpaired) electrons. The molecule has 0 spiro atoms. The molecular formula is C12H13N3O. The van der Waals surface area contributed by atoms with E-state index in [1.54, 1.807) is 0 Å². The molecule has 2 aromatic rings. The number of nitrogens with two attached hydrogens (primary N) is 1. The second-order valence-corrected chi connectivity index (χ2v) is 4.57. The third kappa shape index (κ3) is 1.38. The van der Waals surface area contributed by atoms with Crippen molar-refractivity contribution in [3.8, 4) is 11.5 Å². The van der Waals surface area contributed by atoms with E-state index in [2.05, 4.69) is 17.1 Å². The van der Waals surface area contributed by atoms with Crippen molar-refractivity contribution in [2.24, 2.45) is 0 Å². The summed E-state index contributed by atoms with van der Waals surface area (Å²) < 4.78 is 5.26. The molecule has 1 fully saturated rings. The van der Waals surface area contributed by atoms with Crippen molar-refractivity contribution in [1.82, 2.24) is 10.1 Å². The van der Waals surface area contributed by atoms with E-state index < -0.39 is 0 Å². The monoisotopic (exact) mass is 215 g/mol. The summed E-state index contributed by atoms with van der Waals surface area (Å²) in [6, 6.07) is 7.52. The highest BCUT2D eigenvalue weighted by atomic mass is 16.5. The topological polar surface area (TPSA) is 64.9 Å². The zero-order valence-electron chi connectivity index (χ0n) is 9.10. The van der Waals surface area contributed by atoms with Gasteiger partial charge in [0.1, 0.15) is 0 Å². The molecule has 3 rings (SSSR count). The van der Waals surface area contributed by atoms with Gasteiger partial charge in [-0.2, -0.15) is 4.98 Å². The highest BCUT2D eigenvalue weighted by molar-refractivity contribution is 5.69. The molecule has 1 saturated carbocycles. The van der Waals surface area contributed by atoms with E-state index in [9.17, 15) is 0 Å². The van der Waals surface area contributed by atoms with E-state index in [4.69, 9.17) is 10.3 Å². The molecule has 1 aliphatic carbocycles. The van der Waals surface area contributed by atoms with Gasteiger partial charge < -0.3 is 10.3 Å². The van der Waals surface area contributed by atoms with Gasteiger partial charge in [-0.3, -0.25) is 0 Å². The minimum atomic E-state index is 0.130. The number of hydrogen-bond acceptors (Lipinski definition) is 4. The number of para-hydroxylation sites is 1. The molecule has 2 N–H and O–H groups in total. The molecule has 4 nitrogen and oxygen atoms in total. The quantitative estimate of drug-likeness (QED) is 0.781. The summed E-state index contributed by atoms with van der Waals surface area (Å²) in [5, 5.41) is 4.03. The third-order valence-electron chi connectivity index (χ3n) is 3.16. The first-order valence-electron chi connectivity index (χ1n) is 5.38. The van der Waals surface area contributed by atoms with Crippen LogP contribution in [-0.2, 0) is 5.41 Å². The Morgan fingerprint density at radius 3 is 2.75 bits per heavy atom. The second-order valence-electron chi connectivity index (χ2n) is 4.57. The standard InChI is InChI=1S/C12H13N3O/c1-12(6-7-12)11-14-10(16-15-11)8-4-2-3-5-9(8)13/h2-5H,6-7,13H2,1H3. The zero-order chi connectivity index (χ0) is 11.2. The minimum absolute atomic E-state index is 0.130. The van der Waals surface area contributed by atoms with Crippen LogP contribution >= 0.6 is 0 Å². The number of nitrogen functional groups attached to an aromatic ring is 1. The second kappa shape index (κ2) is 3.07. The maximum absolute atomic E-state index is 5.86. The van der Waals surface area contributed by atoms with E-state index in [0.717, 1.165) is 24.2 Å². The van der Waals surface area contributed by atoms with Gasteiger partial charge in [0.05, 0.1) is 5.56 Å². The Morgan fingerprint density at radius 2 is 2.06 bits per heavy atom. The maximum Gasteiger partial charge on any atom is 0.260 e. The predicted molar refractivity (Wildman–Crippen MR) is 60.7 cm³/mol. The predicted octanol–water partition coefficient (Wildman–Crippen LogP) is 2.37. The normalized spacial score (nSPS) is 17.3. The first-order valence-corrected chi connectivity index (χ1v) is 5.38. The summed E-state index contributed by atoms with van der Waals surface area (Å²) in [6.45, 7) is 2.15. The fourth-order valence-electron chi connectivity index (χ4n) is 1.68. The SMILES string of the molecule is CC1(c2noc(-c3ccccc3N)n2)CC1. The summed E-state index contributed by atoms with van der Waals surface area (Å²) >= 11 is 0.